The second kappa shape index (κ2) is 5.29. The minimum Gasteiger partial charge on any atom is -0.331 e. The van der Waals surface area contributed by atoms with Gasteiger partial charge in [-0.05, 0) is 12.5 Å². The highest BCUT2D eigenvalue weighted by molar-refractivity contribution is 5.83. The highest BCUT2D eigenvalue weighted by Gasteiger charge is 2.10. The van der Waals surface area contributed by atoms with Crippen molar-refractivity contribution < 1.29 is 9.59 Å². The Morgan fingerprint density at radius 2 is 1.73 bits per heavy atom. The van der Waals surface area contributed by atoms with E-state index in [0.717, 1.165) is 5.56 Å². The lowest BCUT2D eigenvalue weighted by Crippen LogP contribution is -2.32. The Morgan fingerprint density at radius 3 is 2.20 bits per heavy atom. The second-order valence-corrected chi connectivity index (χ2v) is 3.56. The molecule has 0 fully saturated rings. The van der Waals surface area contributed by atoms with E-state index in [1.165, 1.54) is 18.7 Å². The fourth-order valence-electron chi connectivity index (χ4n) is 1.35. The van der Waals surface area contributed by atoms with Gasteiger partial charge in [0, 0.05) is 13.5 Å². The molecule has 0 unspecified atom stereocenters. The molecule has 1 aromatic carbocycles. The molecule has 1 amide bonds. The van der Waals surface area contributed by atoms with Crippen LogP contribution in [0.3, 0.4) is 0 Å². The molecule has 80 valence electrons. The van der Waals surface area contributed by atoms with E-state index in [-0.39, 0.29) is 18.2 Å². The van der Waals surface area contributed by atoms with Crippen LogP contribution >= 0.6 is 0 Å². The van der Waals surface area contributed by atoms with E-state index in [9.17, 15) is 9.59 Å². The lowest BCUT2D eigenvalue weighted by Gasteiger charge is -2.19. The maximum Gasteiger partial charge on any atom is 0.220 e. The molecule has 1 rings (SSSR count). The van der Waals surface area contributed by atoms with Crippen LogP contribution in [0.2, 0.25) is 0 Å². The Hall–Kier alpha value is -1.64. The van der Waals surface area contributed by atoms with Gasteiger partial charge in [0.05, 0.1) is 6.54 Å². The SMILES string of the molecule is CC(=O)CN(Cc1ccccc1)C(C)=O. The first-order valence-electron chi connectivity index (χ1n) is 4.88. The molecule has 1 aromatic rings. The maximum atomic E-state index is 11.3. The van der Waals surface area contributed by atoms with E-state index in [0.29, 0.717) is 6.54 Å². The summed E-state index contributed by atoms with van der Waals surface area (Å²) in [4.78, 5) is 23.8. The Labute approximate surface area is 89.7 Å². The fourth-order valence-corrected chi connectivity index (χ4v) is 1.35. The zero-order chi connectivity index (χ0) is 11.3. The molecule has 0 aromatic heterocycles. The summed E-state index contributed by atoms with van der Waals surface area (Å²) in [6.07, 6.45) is 0. The van der Waals surface area contributed by atoms with Gasteiger partial charge in [-0.1, -0.05) is 30.3 Å². The van der Waals surface area contributed by atoms with Gasteiger partial charge in [0.2, 0.25) is 5.91 Å². The topological polar surface area (TPSA) is 37.4 Å². The number of carbonyl (C=O) groups is 2. The van der Waals surface area contributed by atoms with Crippen LogP contribution in [-0.4, -0.2) is 23.1 Å². The second-order valence-electron chi connectivity index (χ2n) is 3.56. The van der Waals surface area contributed by atoms with Gasteiger partial charge >= 0.3 is 0 Å². The van der Waals surface area contributed by atoms with Gasteiger partial charge in [-0.3, -0.25) is 9.59 Å². The van der Waals surface area contributed by atoms with Crippen LogP contribution in [0.5, 0.6) is 0 Å². The van der Waals surface area contributed by atoms with E-state index >= 15 is 0 Å². The van der Waals surface area contributed by atoms with Crippen molar-refractivity contribution in [2.24, 2.45) is 0 Å². The Bertz CT molecular complexity index is 346. The molecule has 3 nitrogen and oxygen atoms in total. The van der Waals surface area contributed by atoms with Gasteiger partial charge < -0.3 is 4.90 Å². The first-order valence-corrected chi connectivity index (χ1v) is 4.88. The van der Waals surface area contributed by atoms with E-state index in [4.69, 9.17) is 0 Å². The average Bonchev–Trinajstić information content (AvgIpc) is 2.17. The minimum absolute atomic E-state index is 0.00105. The molecule has 0 heterocycles. The van der Waals surface area contributed by atoms with Gasteiger partial charge in [0.1, 0.15) is 5.78 Å². The van der Waals surface area contributed by atoms with Gasteiger partial charge in [0.15, 0.2) is 0 Å². The number of rotatable bonds is 4. The maximum absolute atomic E-state index is 11.3. The quantitative estimate of drug-likeness (QED) is 0.749. The number of hydrogen-bond donors (Lipinski definition) is 0. The molecule has 0 aliphatic rings. The number of Topliss-reactive ketones (excluding diaryl/α,β-unsaturated/α-hetero) is 1. The summed E-state index contributed by atoms with van der Waals surface area (Å²) in [5.41, 5.74) is 1.04. The molecule has 0 spiro atoms. The van der Waals surface area contributed by atoms with Crippen LogP contribution in [0, 0.1) is 0 Å². The van der Waals surface area contributed by atoms with E-state index < -0.39 is 0 Å². The molecule has 0 aliphatic carbocycles. The zero-order valence-electron chi connectivity index (χ0n) is 9.06. The van der Waals surface area contributed by atoms with Crippen LogP contribution < -0.4 is 0 Å². The van der Waals surface area contributed by atoms with E-state index in [1.54, 1.807) is 0 Å². The number of nitrogens with zero attached hydrogens (tertiary/aromatic N) is 1. The van der Waals surface area contributed by atoms with Crippen molar-refractivity contribution >= 4 is 11.7 Å². The van der Waals surface area contributed by atoms with Crippen LogP contribution in [0.25, 0.3) is 0 Å². The summed E-state index contributed by atoms with van der Waals surface area (Å²) >= 11 is 0. The molecular formula is C12H15NO2. The predicted molar refractivity (Wildman–Crippen MR) is 58.2 cm³/mol. The molecule has 0 saturated heterocycles. The third-order valence-corrected chi connectivity index (χ3v) is 2.08. The Balaban J connectivity index is 2.67. The van der Waals surface area contributed by atoms with Crippen LogP contribution in [0.4, 0.5) is 0 Å². The van der Waals surface area contributed by atoms with Gasteiger partial charge in [-0.15, -0.1) is 0 Å². The van der Waals surface area contributed by atoms with Crippen molar-refractivity contribution in [3.05, 3.63) is 35.9 Å². The Kier molecular flexibility index (Phi) is 4.03. The molecular weight excluding hydrogens is 190 g/mol. The summed E-state index contributed by atoms with van der Waals surface area (Å²) < 4.78 is 0. The number of amides is 1. The molecule has 15 heavy (non-hydrogen) atoms. The largest absolute Gasteiger partial charge is 0.331 e. The van der Waals surface area contributed by atoms with Crippen molar-refractivity contribution in [1.29, 1.82) is 0 Å². The first kappa shape index (κ1) is 11.4. The van der Waals surface area contributed by atoms with Gasteiger partial charge in [-0.2, -0.15) is 0 Å². The lowest BCUT2D eigenvalue weighted by molar-refractivity contribution is -0.133. The average molecular weight is 205 g/mol. The molecule has 0 saturated carbocycles. The van der Waals surface area contributed by atoms with E-state index in [1.807, 2.05) is 30.3 Å². The third kappa shape index (κ3) is 3.94. The standard InChI is InChI=1S/C12H15NO2/c1-10(14)8-13(11(2)15)9-12-6-4-3-5-7-12/h3-7H,8-9H2,1-2H3. The van der Waals surface area contributed by atoms with Crippen molar-refractivity contribution in [2.45, 2.75) is 20.4 Å². The molecule has 0 N–H and O–H groups in total. The molecule has 0 radical (unpaired) electrons. The van der Waals surface area contributed by atoms with Crippen LogP contribution in [-0.2, 0) is 16.1 Å². The van der Waals surface area contributed by atoms with Crippen LogP contribution in [0.1, 0.15) is 19.4 Å². The summed E-state index contributed by atoms with van der Waals surface area (Å²) in [6.45, 7) is 3.65. The van der Waals surface area contributed by atoms with Crippen molar-refractivity contribution in [3.8, 4) is 0 Å². The summed E-state index contributed by atoms with van der Waals surface area (Å²) in [7, 11) is 0. The van der Waals surface area contributed by atoms with Gasteiger partial charge in [0.25, 0.3) is 0 Å². The number of ketones is 1. The van der Waals surface area contributed by atoms with Crippen molar-refractivity contribution in [3.63, 3.8) is 0 Å². The normalized spacial score (nSPS) is 9.73. The number of benzene rings is 1. The fraction of sp³-hybridized carbons (Fsp3) is 0.333. The number of hydrogen-bond acceptors (Lipinski definition) is 2. The van der Waals surface area contributed by atoms with Gasteiger partial charge in [-0.25, -0.2) is 0 Å². The highest BCUT2D eigenvalue weighted by Crippen LogP contribution is 2.04. The molecule has 3 heteroatoms. The highest BCUT2D eigenvalue weighted by atomic mass is 16.2. The third-order valence-electron chi connectivity index (χ3n) is 2.08. The number of carbonyl (C=O) groups excluding carboxylic acids is 2. The molecule has 0 atom stereocenters. The summed E-state index contributed by atoms with van der Waals surface area (Å²) in [5.74, 6) is -0.0739. The predicted octanol–water partition coefficient (Wildman–Crippen LogP) is 1.62. The van der Waals surface area contributed by atoms with Crippen molar-refractivity contribution in [2.75, 3.05) is 6.54 Å². The smallest absolute Gasteiger partial charge is 0.220 e. The Morgan fingerprint density at radius 1 is 1.13 bits per heavy atom. The first-order chi connectivity index (χ1) is 7.09. The lowest BCUT2D eigenvalue weighted by atomic mass is 10.2. The minimum atomic E-state index is -0.0750. The van der Waals surface area contributed by atoms with Crippen molar-refractivity contribution in [1.82, 2.24) is 4.90 Å². The molecule has 0 aliphatic heterocycles. The van der Waals surface area contributed by atoms with E-state index in [2.05, 4.69) is 0 Å². The monoisotopic (exact) mass is 205 g/mol. The summed E-state index contributed by atoms with van der Waals surface area (Å²) in [5, 5.41) is 0. The summed E-state index contributed by atoms with van der Waals surface area (Å²) in [6, 6.07) is 9.64. The van der Waals surface area contributed by atoms with Crippen LogP contribution in [0.15, 0.2) is 30.3 Å². The zero-order valence-corrected chi connectivity index (χ0v) is 9.06. The molecule has 0 bridgehead atoms.